The molecular weight excluding hydrogens is 370 g/mol. The maximum absolute atomic E-state index is 12.8. The van der Waals surface area contributed by atoms with Crippen LogP contribution in [0.15, 0.2) is 68.2 Å². The Hall–Kier alpha value is -3.80. The number of hydrogen-bond acceptors (Lipinski definition) is 5. The monoisotopic (exact) mass is 389 g/mol. The van der Waals surface area contributed by atoms with Gasteiger partial charge in [-0.1, -0.05) is 18.2 Å². The van der Waals surface area contributed by atoms with Crippen molar-refractivity contribution in [2.24, 2.45) is 0 Å². The van der Waals surface area contributed by atoms with Gasteiger partial charge in [-0.3, -0.25) is 4.79 Å². The van der Waals surface area contributed by atoms with Gasteiger partial charge >= 0.3 is 5.63 Å². The lowest BCUT2D eigenvalue weighted by atomic mass is 10.1. The summed E-state index contributed by atoms with van der Waals surface area (Å²) in [7, 11) is 1.72. The maximum Gasteiger partial charge on any atom is 0.343 e. The second-order valence-corrected chi connectivity index (χ2v) is 6.88. The van der Waals surface area contributed by atoms with E-state index in [0.717, 1.165) is 5.69 Å². The van der Waals surface area contributed by atoms with Crippen molar-refractivity contribution in [1.82, 2.24) is 0 Å². The van der Waals surface area contributed by atoms with Gasteiger partial charge in [0.15, 0.2) is 11.5 Å². The summed E-state index contributed by atoms with van der Waals surface area (Å²) < 4.78 is 11.1. The van der Waals surface area contributed by atoms with Crippen molar-refractivity contribution < 1.29 is 18.7 Å². The Morgan fingerprint density at radius 2 is 1.69 bits per heavy atom. The highest BCUT2D eigenvalue weighted by atomic mass is 16.4. The standard InChI is InChI=1S/C23H19NO5/c1-13-20(25)14(2)23(27)29-21(13)19-12-16-11-15(9-10-18(16)28-19)22(26)24(3)17-7-5-4-6-8-17/h4-12,25H,1-3H3. The van der Waals surface area contributed by atoms with E-state index in [4.69, 9.17) is 8.83 Å². The number of carbonyl (C=O) groups excluding carboxylic acids is 1. The summed E-state index contributed by atoms with van der Waals surface area (Å²) in [6.07, 6.45) is 0. The lowest BCUT2D eigenvalue weighted by Gasteiger charge is -2.17. The molecule has 29 heavy (non-hydrogen) atoms. The minimum Gasteiger partial charge on any atom is -0.507 e. The van der Waals surface area contributed by atoms with Gasteiger partial charge in [-0.15, -0.1) is 0 Å². The van der Waals surface area contributed by atoms with Gasteiger partial charge in [0.25, 0.3) is 5.91 Å². The lowest BCUT2D eigenvalue weighted by molar-refractivity contribution is 0.0993. The summed E-state index contributed by atoms with van der Waals surface area (Å²) in [6.45, 7) is 3.15. The Morgan fingerprint density at radius 1 is 0.966 bits per heavy atom. The van der Waals surface area contributed by atoms with E-state index in [9.17, 15) is 14.7 Å². The van der Waals surface area contributed by atoms with E-state index in [1.165, 1.54) is 6.92 Å². The lowest BCUT2D eigenvalue weighted by Crippen LogP contribution is -2.25. The van der Waals surface area contributed by atoms with Crippen LogP contribution in [0, 0.1) is 13.8 Å². The van der Waals surface area contributed by atoms with Crippen LogP contribution in [-0.2, 0) is 0 Å². The first kappa shape index (κ1) is 18.6. The number of amides is 1. The van der Waals surface area contributed by atoms with Gasteiger partial charge in [0.2, 0.25) is 0 Å². The van der Waals surface area contributed by atoms with Crippen LogP contribution in [-0.4, -0.2) is 18.1 Å². The fourth-order valence-electron chi connectivity index (χ4n) is 3.22. The molecule has 0 fully saturated rings. The van der Waals surface area contributed by atoms with Gasteiger partial charge in [0, 0.05) is 29.2 Å². The molecule has 4 rings (SSSR count). The largest absolute Gasteiger partial charge is 0.507 e. The van der Waals surface area contributed by atoms with Crippen molar-refractivity contribution in [3.63, 3.8) is 0 Å². The van der Waals surface area contributed by atoms with E-state index in [1.54, 1.807) is 43.1 Å². The molecule has 6 nitrogen and oxygen atoms in total. The Kier molecular flexibility index (Phi) is 4.47. The molecule has 146 valence electrons. The first-order chi connectivity index (χ1) is 13.9. The number of furan rings is 1. The number of rotatable bonds is 3. The Balaban J connectivity index is 1.74. The quantitative estimate of drug-likeness (QED) is 0.551. The number of anilines is 1. The molecule has 0 saturated carbocycles. The molecule has 2 aromatic heterocycles. The van der Waals surface area contributed by atoms with Crippen LogP contribution < -0.4 is 10.5 Å². The van der Waals surface area contributed by atoms with Crippen LogP contribution in [0.25, 0.3) is 22.5 Å². The second-order valence-electron chi connectivity index (χ2n) is 6.88. The zero-order valence-corrected chi connectivity index (χ0v) is 16.2. The first-order valence-electron chi connectivity index (χ1n) is 9.07. The van der Waals surface area contributed by atoms with E-state index in [0.29, 0.717) is 27.9 Å². The molecule has 2 heterocycles. The molecule has 0 saturated heterocycles. The van der Waals surface area contributed by atoms with E-state index < -0.39 is 5.63 Å². The SMILES string of the molecule is Cc1c(-c2cc3cc(C(=O)N(C)c4ccccc4)ccc3o2)oc(=O)c(C)c1O. The number of fused-ring (bicyclic) bond motifs is 1. The average Bonchev–Trinajstić information content (AvgIpc) is 3.17. The zero-order valence-electron chi connectivity index (χ0n) is 16.2. The fraction of sp³-hybridized carbons (Fsp3) is 0.130. The van der Waals surface area contributed by atoms with Crippen LogP contribution in [0.5, 0.6) is 5.75 Å². The topological polar surface area (TPSA) is 83.9 Å². The Bertz CT molecular complexity index is 1280. The number of nitrogens with zero attached hydrogens (tertiary/aromatic N) is 1. The van der Waals surface area contributed by atoms with Gasteiger partial charge < -0.3 is 18.8 Å². The average molecular weight is 389 g/mol. The number of aromatic hydroxyl groups is 1. The highest BCUT2D eigenvalue weighted by Gasteiger charge is 2.19. The van der Waals surface area contributed by atoms with E-state index >= 15 is 0 Å². The third kappa shape index (κ3) is 3.18. The van der Waals surface area contributed by atoms with Crippen LogP contribution in [0.4, 0.5) is 5.69 Å². The molecule has 0 atom stereocenters. The highest BCUT2D eigenvalue weighted by molar-refractivity contribution is 6.07. The molecule has 2 aromatic carbocycles. The van der Waals surface area contributed by atoms with Crippen molar-refractivity contribution in [1.29, 1.82) is 0 Å². The molecule has 1 amide bonds. The first-order valence-corrected chi connectivity index (χ1v) is 9.07. The molecule has 0 bridgehead atoms. The van der Waals surface area contributed by atoms with Crippen molar-refractivity contribution in [3.05, 3.63) is 81.7 Å². The molecule has 6 heteroatoms. The Labute approximate surface area is 166 Å². The van der Waals surface area contributed by atoms with Gasteiger partial charge in [0.05, 0.1) is 5.56 Å². The molecule has 0 unspecified atom stereocenters. The van der Waals surface area contributed by atoms with E-state index in [-0.39, 0.29) is 23.0 Å². The molecule has 0 aliphatic rings. The maximum atomic E-state index is 12.8. The van der Waals surface area contributed by atoms with Gasteiger partial charge in [-0.05, 0) is 50.2 Å². The third-order valence-electron chi connectivity index (χ3n) is 4.99. The van der Waals surface area contributed by atoms with Crippen molar-refractivity contribution in [2.75, 3.05) is 11.9 Å². The van der Waals surface area contributed by atoms with E-state index in [2.05, 4.69) is 0 Å². The van der Waals surface area contributed by atoms with Crippen LogP contribution in [0.3, 0.4) is 0 Å². The van der Waals surface area contributed by atoms with Crippen molar-refractivity contribution >= 4 is 22.6 Å². The fourth-order valence-corrected chi connectivity index (χ4v) is 3.22. The third-order valence-corrected chi connectivity index (χ3v) is 4.99. The van der Waals surface area contributed by atoms with Crippen LogP contribution >= 0.6 is 0 Å². The van der Waals surface area contributed by atoms with Gasteiger partial charge in [-0.25, -0.2) is 4.79 Å². The molecule has 0 aliphatic carbocycles. The summed E-state index contributed by atoms with van der Waals surface area (Å²) in [4.78, 5) is 26.4. The molecule has 4 aromatic rings. The predicted octanol–water partition coefficient (Wildman–Crippen LogP) is 4.65. The summed E-state index contributed by atoms with van der Waals surface area (Å²) in [6, 6.07) is 16.2. The summed E-state index contributed by atoms with van der Waals surface area (Å²) in [5, 5.41) is 10.8. The summed E-state index contributed by atoms with van der Waals surface area (Å²) >= 11 is 0. The normalized spacial score (nSPS) is 11.0. The molecule has 0 aliphatic heterocycles. The number of para-hydroxylation sites is 1. The molecule has 0 radical (unpaired) electrons. The minimum absolute atomic E-state index is 0.114. The Morgan fingerprint density at radius 3 is 2.41 bits per heavy atom. The number of carbonyl (C=O) groups is 1. The van der Waals surface area contributed by atoms with Gasteiger partial charge in [0.1, 0.15) is 11.3 Å². The zero-order chi connectivity index (χ0) is 20.7. The minimum atomic E-state index is -0.621. The van der Waals surface area contributed by atoms with Crippen LogP contribution in [0.1, 0.15) is 21.5 Å². The van der Waals surface area contributed by atoms with Crippen LogP contribution in [0.2, 0.25) is 0 Å². The second kappa shape index (κ2) is 6.98. The van der Waals surface area contributed by atoms with E-state index in [1.807, 2.05) is 30.3 Å². The molecule has 1 N–H and O–H groups in total. The van der Waals surface area contributed by atoms with Gasteiger partial charge in [-0.2, -0.15) is 0 Å². The predicted molar refractivity (Wildman–Crippen MR) is 111 cm³/mol. The molecule has 0 spiro atoms. The van der Waals surface area contributed by atoms with Crippen molar-refractivity contribution in [3.8, 4) is 17.3 Å². The highest BCUT2D eigenvalue weighted by Crippen LogP contribution is 2.34. The molecular formula is C23H19NO5. The van der Waals surface area contributed by atoms with Crippen molar-refractivity contribution in [2.45, 2.75) is 13.8 Å². The number of benzene rings is 2. The summed E-state index contributed by atoms with van der Waals surface area (Å²) in [5.41, 5.74) is 1.78. The smallest absolute Gasteiger partial charge is 0.343 e. The summed E-state index contributed by atoms with van der Waals surface area (Å²) in [5.74, 6) is 0.211. The number of hydrogen-bond donors (Lipinski definition) is 1.